The number of hydrogen-bond acceptors (Lipinski definition) is 0. The molecule has 0 aromatic heterocycles. The van der Waals surface area contributed by atoms with Crippen molar-refractivity contribution in [3.8, 4) is 0 Å². The minimum atomic E-state index is -1.38. The van der Waals surface area contributed by atoms with E-state index in [9.17, 15) is 0 Å². The maximum atomic E-state index is 4.93. The Labute approximate surface area is 252 Å². The zero-order chi connectivity index (χ0) is 26.3. The molecule has 1 aromatic rings. The molecule has 0 nitrogen and oxygen atoms in total. The molecule has 3 aliphatic carbocycles. The van der Waals surface area contributed by atoms with Gasteiger partial charge in [0.2, 0.25) is 0 Å². The molecule has 212 valence electrons. The maximum absolute atomic E-state index is 4.93. The molecule has 0 bridgehead atoms. The van der Waals surface area contributed by atoms with Gasteiger partial charge in [0, 0.05) is 0 Å². The van der Waals surface area contributed by atoms with Gasteiger partial charge in [-0.15, -0.1) is 0 Å². The number of rotatable bonds is 3. The summed E-state index contributed by atoms with van der Waals surface area (Å²) in [6.07, 6.45) is 5.86. The first kappa shape index (κ1) is 35.9. The van der Waals surface area contributed by atoms with E-state index in [-0.39, 0.29) is 20.3 Å². The van der Waals surface area contributed by atoms with Gasteiger partial charge in [0.25, 0.3) is 0 Å². The van der Waals surface area contributed by atoms with E-state index >= 15 is 0 Å². The van der Waals surface area contributed by atoms with Crippen LogP contribution in [0.3, 0.4) is 0 Å². The summed E-state index contributed by atoms with van der Waals surface area (Å²) in [5, 5.41) is 0. The summed E-state index contributed by atoms with van der Waals surface area (Å²) in [4.78, 5) is 0. The zero-order valence-electron chi connectivity index (χ0n) is 26.2. The summed E-state index contributed by atoms with van der Waals surface area (Å²) in [6.45, 7) is 25.6. The van der Waals surface area contributed by atoms with Gasteiger partial charge in [-0.1, -0.05) is 106 Å². The summed E-state index contributed by atoms with van der Waals surface area (Å²) < 4.78 is 0. The number of hydrogen-bond donors (Lipinski definition) is 0. The third-order valence-electron chi connectivity index (χ3n) is 11.4. The van der Waals surface area contributed by atoms with Crippen LogP contribution in [0.15, 0.2) is 24.3 Å². The van der Waals surface area contributed by atoms with Crippen molar-refractivity contribution >= 4 is 25.1 Å². The van der Waals surface area contributed by atoms with E-state index in [0.717, 1.165) is 58.4 Å². The first-order valence-corrected chi connectivity index (χ1v) is 23.8. The van der Waals surface area contributed by atoms with Crippen molar-refractivity contribution in [2.24, 2.45) is 41.4 Å². The van der Waals surface area contributed by atoms with Crippen molar-refractivity contribution < 1.29 is 20.8 Å². The van der Waals surface area contributed by atoms with Crippen LogP contribution >= 0.6 is 17.0 Å². The molecule has 3 saturated carbocycles. The van der Waals surface area contributed by atoms with Gasteiger partial charge in [0.15, 0.2) is 0 Å². The van der Waals surface area contributed by atoms with Crippen LogP contribution in [0.4, 0.5) is 0 Å². The van der Waals surface area contributed by atoms with Gasteiger partial charge in [-0.05, 0) is 87.8 Å². The molecule has 4 rings (SSSR count). The molecule has 1 aromatic carbocycles. The summed E-state index contributed by atoms with van der Waals surface area (Å²) in [6, 6.07) is 9.85. The van der Waals surface area contributed by atoms with E-state index in [0.29, 0.717) is 0 Å². The molecule has 0 spiro atoms. The van der Waals surface area contributed by atoms with Crippen LogP contribution in [-0.4, -0.2) is 8.07 Å². The molecular formula is C33H58Cl2SiZr. The van der Waals surface area contributed by atoms with Crippen LogP contribution in [0, 0.1) is 56.3 Å². The zero-order valence-corrected chi connectivity index (χ0v) is 31.1. The predicted molar refractivity (Wildman–Crippen MR) is 169 cm³/mol. The first-order chi connectivity index (χ1) is 16.3. The van der Waals surface area contributed by atoms with Crippen LogP contribution in [0.5, 0.6) is 0 Å². The minimum absolute atomic E-state index is 0. The van der Waals surface area contributed by atoms with Gasteiger partial charge in [-0.2, -0.15) is 0 Å². The van der Waals surface area contributed by atoms with Crippen molar-refractivity contribution in [3.05, 3.63) is 50.2 Å². The molecule has 3 aliphatic rings. The third kappa shape index (κ3) is 7.22. The Morgan fingerprint density at radius 2 is 1.24 bits per heavy atom. The normalized spacial score (nSPS) is 37.3. The summed E-state index contributed by atoms with van der Waals surface area (Å²) >= 11 is -0.826. The van der Waals surface area contributed by atoms with E-state index in [4.69, 9.17) is 17.0 Å². The summed E-state index contributed by atoms with van der Waals surface area (Å²) in [7, 11) is 8.49. The molecule has 0 heterocycles. The van der Waals surface area contributed by atoms with E-state index in [2.05, 4.69) is 92.7 Å². The van der Waals surface area contributed by atoms with Crippen LogP contribution in [0.2, 0.25) is 24.2 Å². The van der Waals surface area contributed by atoms with E-state index in [1.165, 1.54) is 31.2 Å². The van der Waals surface area contributed by atoms with Gasteiger partial charge in [-0.25, -0.2) is 0 Å². The van der Waals surface area contributed by atoms with E-state index in [1.54, 1.807) is 5.56 Å². The second-order valence-electron chi connectivity index (χ2n) is 14.3. The van der Waals surface area contributed by atoms with Gasteiger partial charge in [0.05, 0.1) is 8.07 Å². The molecule has 9 unspecified atom stereocenters. The third-order valence-corrected chi connectivity index (χ3v) is 16.9. The van der Waals surface area contributed by atoms with Crippen LogP contribution < -0.4 is 0 Å². The Morgan fingerprint density at radius 1 is 0.757 bits per heavy atom. The number of benzene rings is 1. The molecule has 0 saturated heterocycles. The molecule has 3 fully saturated rings. The SMILES string of the molecule is CC1CC2C(c3ccc(C(C)(C)C)cc3)CCCC2C1[Si](C)(C)C1C(C)C(C)C(C)C1C.[CH3-].[CH3-].[Cl][Zr+2][Cl]. The van der Waals surface area contributed by atoms with Crippen LogP contribution in [0.1, 0.15) is 98.1 Å². The molecule has 0 aliphatic heterocycles. The van der Waals surface area contributed by atoms with Gasteiger partial charge in [-0.3, -0.25) is 0 Å². The van der Waals surface area contributed by atoms with Crippen LogP contribution in [0.25, 0.3) is 0 Å². The fourth-order valence-corrected chi connectivity index (χ4v) is 16.6. The predicted octanol–water partition coefficient (Wildman–Crippen LogP) is 11.8. The van der Waals surface area contributed by atoms with E-state index in [1.807, 2.05) is 0 Å². The average Bonchev–Trinajstić information content (AvgIpc) is 3.23. The van der Waals surface area contributed by atoms with E-state index < -0.39 is 28.9 Å². The topological polar surface area (TPSA) is 0 Å². The molecule has 37 heavy (non-hydrogen) atoms. The van der Waals surface area contributed by atoms with Crippen molar-refractivity contribution in [2.45, 2.75) is 117 Å². The van der Waals surface area contributed by atoms with Crippen molar-refractivity contribution in [3.63, 3.8) is 0 Å². The second kappa shape index (κ2) is 14.2. The van der Waals surface area contributed by atoms with Crippen LogP contribution in [-0.2, 0) is 26.3 Å². The Balaban J connectivity index is 0.00000131. The Morgan fingerprint density at radius 3 is 1.70 bits per heavy atom. The van der Waals surface area contributed by atoms with Crippen molar-refractivity contribution in [1.82, 2.24) is 0 Å². The molecule has 0 amide bonds. The fourth-order valence-electron chi connectivity index (χ4n) is 9.68. The Kier molecular flexibility index (Phi) is 13.8. The van der Waals surface area contributed by atoms with Gasteiger partial charge >= 0.3 is 37.9 Å². The molecule has 9 atom stereocenters. The Hall–Kier alpha value is 0.900. The van der Waals surface area contributed by atoms with Gasteiger partial charge < -0.3 is 14.9 Å². The second-order valence-corrected chi connectivity index (χ2v) is 23.0. The standard InChI is InChI=1S/C31H52Si.2CH3.2ClH.Zr/c1-19-18-28-26(24-14-16-25(17-15-24)31(6,7)8)12-11-13-27(28)29(19)32(9,10)30-22(4)20(2)21(3)23(30)5;;;;;/h14-17,19-23,26-30H,11-13,18H2,1-10H3;2*1H3;2*1H;/q;2*-1;;;+4/p-2. The number of fused-ring (bicyclic) bond motifs is 1. The summed E-state index contributed by atoms with van der Waals surface area (Å²) in [5.41, 5.74) is 5.40. The summed E-state index contributed by atoms with van der Waals surface area (Å²) in [5.74, 6) is 7.26. The van der Waals surface area contributed by atoms with Crippen molar-refractivity contribution in [1.29, 1.82) is 0 Å². The van der Waals surface area contributed by atoms with Gasteiger partial charge in [0.1, 0.15) is 0 Å². The monoisotopic (exact) mass is 642 g/mol. The average molecular weight is 645 g/mol. The molecule has 0 N–H and O–H groups in total. The quantitative estimate of drug-likeness (QED) is 0.227. The number of halogens is 2. The van der Waals surface area contributed by atoms with Crippen molar-refractivity contribution in [2.75, 3.05) is 0 Å². The molecule has 0 radical (unpaired) electrons. The first-order valence-electron chi connectivity index (χ1n) is 14.3. The molecule has 4 heteroatoms. The Bertz CT molecular complexity index is 803. The fraction of sp³-hybridized carbons (Fsp3) is 0.758. The molecular weight excluding hydrogens is 587 g/mol.